The van der Waals surface area contributed by atoms with Crippen LogP contribution < -0.4 is 20.3 Å². The summed E-state index contributed by atoms with van der Waals surface area (Å²) in [5, 5.41) is 0.652. The molecule has 8 nitrogen and oxygen atoms in total. The summed E-state index contributed by atoms with van der Waals surface area (Å²) in [6.45, 7) is 1.73. The minimum atomic E-state index is -0.503. The lowest BCUT2D eigenvalue weighted by Crippen LogP contribution is -2.41. The van der Waals surface area contributed by atoms with E-state index in [4.69, 9.17) is 9.47 Å². The zero-order chi connectivity index (χ0) is 20.1. The first-order valence-corrected chi connectivity index (χ1v) is 9.06. The number of hydrogen-bond acceptors (Lipinski definition) is 7. The monoisotopic (exact) mass is 398 g/mol. The molecule has 2 aromatic heterocycles. The number of hydrogen-bond donors (Lipinski definition) is 2. The third-order valence-electron chi connectivity index (χ3n) is 3.82. The number of hydrazine groups is 1. The van der Waals surface area contributed by atoms with Crippen LogP contribution in [0.3, 0.4) is 0 Å². The summed E-state index contributed by atoms with van der Waals surface area (Å²) in [5.74, 6) is 0.221. The molecule has 0 atom stereocenters. The number of thiazole rings is 1. The highest BCUT2D eigenvalue weighted by atomic mass is 32.1. The second-order valence-corrected chi connectivity index (χ2v) is 6.63. The molecule has 1 aromatic carbocycles. The standard InChI is InChI=1S/C19H18N4O4S/c1-11-16(18(25)23-22-17(24)13-6-4-5-9-20-13)28-19(21-11)12-7-8-14(26-2)15(10-12)27-3/h4-10H,1-3H3,(H,22,24)(H,23,25). The smallest absolute Gasteiger partial charge is 0.288 e. The number of benzene rings is 1. The first-order chi connectivity index (χ1) is 13.5. The molecule has 3 rings (SSSR count). The lowest BCUT2D eigenvalue weighted by Gasteiger charge is -2.08. The molecule has 2 heterocycles. The van der Waals surface area contributed by atoms with E-state index in [1.54, 1.807) is 51.5 Å². The number of nitrogens with one attached hydrogen (secondary N) is 2. The summed E-state index contributed by atoms with van der Waals surface area (Å²) >= 11 is 1.21. The number of amides is 2. The van der Waals surface area contributed by atoms with Crippen LogP contribution in [-0.4, -0.2) is 36.0 Å². The Morgan fingerprint density at radius 1 is 1.00 bits per heavy atom. The van der Waals surface area contributed by atoms with Gasteiger partial charge in [-0.2, -0.15) is 0 Å². The van der Waals surface area contributed by atoms with Gasteiger partial charge in [-0.25, -0.2) is 4.98 Å². The van der Waals surface area contributed by atoms with E-state index in [0.29, 0.717) is 27.1 Å². The van der Waals surface area contributed by atoms with Crippen molar-refractivity contribution in [1.82, 2.24) is 20.8 Å². The van der Waals surface area contributed by atoms with Crippen molar-refractivity contribution in [2.24, 2.45) is 0 Å². The van der Waals surface area contributed by atoms with Gasteiger partial charge in [0, 0.05) is 11.8 Å². The maximum atomic E-state index is 12.4. The summed E-state index contributed by atoms with van der Waals surface area (Å²) in [6, 6.07) is 10.3. The van der Waals surface area contributed by atoms with Gasteiger partial charge in [-0.1, -0.05) is 6.07 Å². The molecular formula is C19H18N4O4S. The Bertz CT molecular complexity index is 1000. The predicted octanol–water partition coefficient (Wildman–Crippen LogP) is 2.61. The molecular weight excluding hydrogens is 380 g/mol. The highest BCUT2D eigenvalue weighted by Gasteiger charge is 2.18. The molecule has 0 aliphatic rings. The van der Waals surface area contributed by atoms with Gasteiger partial charge in [0.1, 0.15) is 15.6 Å². The molecule has 2 N–H and O–H groups in total. The highest BCUT2D eigenvalue weighted by Crippen LogP contribution is 2.34. The Kier molecular flexibility index (Phi) is 5.85. The fourth-order valence-electron chi connectivity index (χ4n) is 2.43. The van der Waals surface area contributed by atoms with E-state index in [0.717, 1.165) is 5.56 Å². The van der Waals surface area contributed by atoms with Crippen LogP contribution in [0, 0.1) is 6.92 Å². The third-order valence-corrected chi connectivity index (χ3v) is 5.03. The van der Waals surface area contributed by atoms with Crippen LogP contribution in [-0.2, 0) is 0 Å². The van der Waals surface area contributed by atoms with Crippen molar-refractivity contribution in [2.75, 3.05) is 14.2 Å². The Hall–Kier alpha value is -3.46. The van der Waals surface area contributed by atoms with E-state index in [-0.39, 0.29) is 5.69 Å². The zero-order valence-electron chi connectivity index (χ0n) is 15.5. The molecule has 3 aromatic rings. The van der Waals surface area contributed by atoms with Crippen molar-refractivity contribution in [2.45, 2.75) is 6.92 Å². The molecule has 0 saturated carbocycles. The van der Waals surface area contributed by atoms with Gasteiger partial charge in [-0.3, -0.25) is 25.4 Å². The normalized spacial score (nSPS) is 10.2. The van der Waals surface area contributed by atoms with Crippen molar-refractivity contribution < 1.29 is 19.1 Å². The molecule has 144 valence electrons. The topological polar surface area (TPSA) is 102 Å². The first kappa shape index (κ1) is 19.3. The van der Waals surface area contributed by atoms with E-state index in [9.17, 15) is 9.59 Å². The second-order valence-electron chi connectivity index (χ2n) is 5.63. The summed E-state index contributed by atoms with van der Waals surface area (Å²) in [5.41, 5.74) is 6.29. The molecule has 0 unspecified atom stereocenters. The Balaban J connectivity index is 1.75. The second kappa shape index (κ2) is 8.49. The van der Waals surface area contributed by atoms with Crippen molar-refractivity contribution in [3.05, 3.63) is 58.9 Å². The van der Waals surface area contributed by atoms with Crippen LogP contribution in [0.2, 0.25) is 0 Å². The van der Waals surface area contributed by atoms with Crippen molar-refractivity contribution in [1.29, 1.82) is 0 Å². The van der Waals surface area contributed by atoms with Gasteiger partial charge in [0.2, 0.25) is 0 Å². The van der Waals surface area contributed by atoms with E-state index in [1.165, 1.54) is 17.5 Å². The number of aromatic nitrogens is 2. The van der Waals surface area contributed by atoms with Gasteiger partial charge in [-0.05, 0) is 37.3 Å². The highest BCUT2D eigenvalue weighted by molar-refractivity contribution is 7.17. The van der Waals surface area contributed by atoms with Crippen LogP contribution in [0.4, 0.5) is 0 Å². The molecule has 0 bridgehead atoms. The lowest BCUT2D eigenvalue weighted by molar-refractivity contribution is 0.0845. The first-order valence-electron chi connectivity index (χ1n) is 8.25. The molecule has 28 heavy (non-hydrogen) atoms. The average Bonchev–Trinajstić information content (AvgIpc) is 3.13. The number of rotatable bonds is 5. The summed E-state index contributed by atoms with van der Waals surface area (Å²) in [7, 11) is 3.12. The Labute approximate surface area is 165 Å². The molecule has 0 aliphatic heterocycles. The summed E-state index contributed by atoms with van der Waals surface area (Å²) < 4.78 is 10.5. The number of nitrogens with zero attached hydrogens (tertiary/aromatic N) is 2. The summed E-state index contributed by atoms with van der Waals surface area (Å²) in [4.78, 5) is 33.2. The van der Waals surface area contributed by atoms with E-state index < -0.39 is 11.8 Å². The minimum Gasteiger partial charge on any atom is -0.493 e. The Morgan fingerprint density at radius 2 is 1.75 bits per heavy atom. The van der Waals surface area contributed by atoms with Crippen molar-refractivity contribution in [3.63, 3.8) is 0 Å². The largest absolute Gasteiger partial charge is 0.493 e. The molecule has 2 amide bonds. The quantitative estimate of drug-likeness (QED) is 0.641. The van der Waals surface area contributed by atoms with Gasteiger partial charge in [0.05, 0.1) is 19.9 Å². The van der Waals surface area contributed by atoms with Crippen LogP contribution >= 0.6 is 11.3 Å². The minimum absolute atomic E-state index is 0.204. The van der Waals surface area contributed by atoms with Crippen molar-refractivity contribution in [3.8, 4) is 22.1 Å². The molecule has 9 heteroatoms. The fourth-order valence-corrected chi connectivity index (χ4v) is 3.39. The van der Waals surface area contributed by atoms with E-state index >= 15 is 0 Å². The number of carbonyl (C=O) groups is 2. The average molecular weight is 398 g/mol. The van der Waals surface area contributed by atoms with Crippen LogP contribution in [0.1, 0.15) is 25.9 Å². The molecule has 0 radical (unpaired) electrons. The van der Waals surface area contributed by atoms with E-state index in [2.05, 4.69) is 20.8 Å². The van der Waals surface area contributed by atoms with Crippen LogP contribution in [0.5, 0.6) is 11.5 Å². The fraction of sp³-hybridized carbons (Fsp3) is 0.158. The molecule has 0 spiro atoms. The maximum absolute atomic E-state index is 12.4. The van der Waals surface area contributed by atoms with Gasteiger partial charge in [-0.15, -0.1) is 11.3 Å². The lowest BCUT2D eigenvalue weighted by atomic mass is 10.2. The predicted molar refractivity (Wildman–Crippen MR) is 105 cm³/mol. The van der Waals surface area contributed by atoms with E-state index in [1.807, 2.05) is 6.07 Å². The van der Waals surface area contributed by atoms with Crippen molar-refractivity contribution >= 4 is 23.2 Å². The number of pyridine rings is 1. The number of carbonyl (C=O) groups excluding carboxylic acids is 2. The zero-order valence-corrected chi connectivity index (χ0v) is 16.3. The van der Waals surface area contributed by atoms with Gasteiger partial charge in [0.15, 0.2) is 11.5 Å². The SMILES string of the molecule is COc1ccc(-c2nc(C)c(C(=O)NNC(=O)c3ccccn3)s2)cc1OC. The number of aryl methyl sites for hydroxylation is 1. The third kappa shape index (κ3) is 4.09. The molecule has 0 saturated heterocycles. The van der Waals surface area contributed by atoms with Crippen LogP contribution in [0.25, 0.3) is 10.6 Å². The van der Waals surface area contributed by atoms with Gasteiger partial charge < -0.3 is 9.47 Å². The van der Waals surface area contributed by atoms with Gasteiger partial charge in [0.25, 0.3) is 11.8 Å². The van der Waals surface area contributed by atoms with Gasteiger partial charge >= 0.3 is 0 Å². The molecule has 0 aliphatic carbocycles. The Morgan fingerprint density at radius 3 is 2.43 bits per heavy atom. The van der Waals surface area contributed by atoms with Crippen LogP contribution in [0.15, 0.2) is 42.6 Å². The maximum Gasteiger partial charge on any atom is 0.288 e. The number of ether oxygens (including phenoxy) is 2. The molecule has 0 fully saturated rings. The summed E-state index contributed by atoms with van der Waals surface area (Å²) in [6.07, 6.45) is 1.50. The number of methoxy groups -OCH3 is 2.